The number of hydrogen-bond donors (Lipinski definition) is 0. The van der Waals surface area contributed by atoms with Crippen LogP contribution in [0.5, 0.6) is 11.5 Å². The highest BCUT2D eigenvalue weighted by atomic mass is 35.5. The van der Waals surface area contributed by atoms with Crippen LogP contribution in [0.3, 0.4) is 0 Å². The molecule has 0 amide bonds. The second-order valence-corrected chi connectivity index (χ2v) is 6.17. The molecule has 3 aromatic rings. The monoisotopic (exact) mass is 385 g/mol. The molecule has 0 unspecified atom stereocenters. The van der Waals surface area contributed by atoms with Crippen molar-refractivity contribution in [1.82, 2.24) is 9.66 Å². The van der Waals surface area contributed by atoms with Gasteiger partial charge in [-0.15, -0.1) is 0 Å². The first-order valence-corrected chi connectivity index (χ1v) is 9.11. The highest BCUT2D eigenvalue weighted by molar-refractivity contribution is 6.32. The van der Waals surface area contributed by atoms with Crippen LogP contribution in [0, 0.1) is 0 Å². The molecular weight excluding hydrogens is 366 g/mol. The second-order valence-electron chi connectivity index (χ2n) is 5.77. The first kappa shape index (κ1) is 18.9. The maximum Gasteiger partial charge on any atom is 0.281 e. The molecule has 7 heteroatoms. The molecule has 27 heavy (non-hydrogen) atoms. The topological polar surface area (TPSA) is 65.7 Å². The van der Waals surface area contributed by atoms with Crippen molar-refractivity contribution in [2.75, 3.05) is 13.2 Å². The zero-order valence-corrected chi connectivity index (χ0v) is 15.9. The molecule has 0 atom stereocenters. The Morgan fingerprint density at radius 1 is 1.22 bits per heavy atom. The number of hydrogen-bond acceptors (Lipinski definition) is 5. The largest absolute Gasteiger partial charge is 0.490 e. The average Bonchev–Trinajstić information content (AvgIpc) is 2.67. The Kier molecular flexibility index (Phi) is 6.08. The van der Waals surface area contributed by atoms with Gasteiger partial charge in [-0.2, -0.15) is 9.78 Å². The van der Waals surface area contributed by atoms with E-state index in [4.69, 9.17) is 21.1 Å². The van der Waals surface area contributed by atoms with Gasteiger partial charge in [0.25, 0.3) is 5.56 Å². The Labute approximate surface area is 162 Å². The van der Waals surface area contributed by atoms with E-state index < -0.39 is 0 Å². The van der Waals surface area contributed by atoms with Crippen LogP contribution in [0.2, 0.25) is 5.02 Å². The molecule has 0 aliphatic rings. The van der Waals surface area contributed by atoms with Crippen LogP contribution < -0.4 is 15.0 Å². The van der Waals surface area contributed by atoms with Crippen molar-refractivity contribution < 1.29 is 9.47 Å². The van der Waals surface area contributed by atoms with Gasteiger partial charge in [0.2, 0.25) is 0 Å². The fourth-order valence-corrected chi connectivity index (χ4v) is 2.81. The maximum absolute atomic E-state index is 12.5. The van der Waals surface area contributed by atoms with Gasteiger partial charge in [-0.25, -0.2) is 4.98 Å². The number of ether oxygens (including phenoxy) is 2. The first-order chi connectivity index (χ1) is 13.1. The average molecular weight is 386 g/mol. The molecule has 1 aromatic heterocycles. The Morgan fingerprint density at radius 2 is 2.04 bits per heavy atom. The summed E-state index contributed by atoms with van der Waals surface area (Å²) in [6.07, 6.45) is 3.80. The molecule has 0 saturated carbocycles. The van der Waals surface area contributed by atoms with Gasteiger partial charge in [-0.05, 0) is 43.2 Å². The number of halogens is 1. The summed E-state index contributed by atoms with van der Waals surface area (Å²) in [6, 6.07) is 10.6. The van der Waals surface area contributed by atoms with Crippen LogP contribution in [-0.2, 0) is 0 Å². The molecule has 140 valence electrons. The van der Waals surface area contributed by atoms with Gasteiger partial charge in [0.15, 0.2) is 11.5 Å². The van der Waals surface area contributed by atoms with E-state index in [9.17, 15) is 4.79 Å². The fraction of sp³-hybridized carbons (Fsp3) is 0.250. The van der Waals surface area contributed by atoms with Gasteiger partial charge in [0, 0.05) is 0 Å². The smallest absolute Gasteiger partial charge is 0.281 e. The predicted molar refractivity (Wildman–Crippen MR) is 107 cm³/mol. The lowest BCUT2D eigenvalue weighted by Gasteiger charge is -2.13. The van der Waals surface area contributed by atoms with Crippen LogP contribution in [0.1, 0.15) is 25.8 Å². The Morgan fingerprint density at radius 3 is 2.81 bits per heavy atom. The SMILES string of the molecule is CCCOc1c(Cl)cc(/C=N/n2cnc3ccccc3c2=O)cc1OCC. The van der Waals surface area contributed by atoms with Crippen molar-refractivity contribution in [3.8, 4) is 11.5 Å². The summed E-state index contributed by atoms with van der Waals surface area (Å²) in [6.45, 7) is 4.93. The van der Waals surface area contributed by atoms with Gasteiger partial charge >= 0.3 is 0 Å². The summed E-state index contributed by atoms with van der Waals surface area (Å²) >= 11 is 6.35. The number of para-hydroxylation sites is 1. The zero-order valence-electron chi connectivity index (χ0n) is 15.2. The molecule has 6 nitrogen and oxygen atoms in total. The van der Waals surface area contributed by atoms with E-state index in [-0.39, 0.29) is 5.56 Å². The summed E-state index contributed by atoms with van der Waals surface area (Å²) in [5.41, 5.74) is 1.08. The lowest BCUT2D eigenvalue weighted by atomic mass is 10.2. The van der Waals surface area contributed by atoms with Gasteiger partial charge in [0.05, 0.1) is 35.4 Å². The van der Waals surface area contributed by atoms with Crippen molar-refractivity contribution >= 4 is 28.7 Å². The molecule has 0 aliphatic carbocycles. The Balaban J connectivity index is 1.95. The molecule has 1 heterocycles. The van der Waals surface area contributed by atoms with Crippen LogP contribution in [0.4, 0.5) is 0 Å². The molecule has 0 saturated heterocycles. The molecule has 0 aliphatic heterocycles. The maximum atomic E-state index is 12.5. The molecule has 0 bridgehead atoms. The fourth-order valence-electron chi connectivity index (χ4n) is 2.54. The van der Waals surface area contributed by atoms with Crippen molar-refractivity contribution in [1.29, 1.82) is 0 Å². The van der Waals surface area contributed by atoms with E-state index in [0.29, 0.717) is 46.2 Å². The van der Waals surface area contributed by atoms with Crippen molar-refractivity contribution in [3.05, 3.63) is 63.7 Å². The minimum absolute atomic E-state index is 0.240. The van der Waals surface area contributed by atoms with Crippen molar-refractivity contribution in [2.24, 2.45) is 5.10 Å². The van der Waals surface area contributed by atoms with E-state index in [1.54, 1.807) is 30.3 Å². The van der Waals surface area contributed by atoms with Crippen LogP contribution in [0.25, 0.3) is 10.9 Å². The Hall–Kier alpha value is -2.86. The van der Waals surface area contributed by atoms with Crippen LogP contribution >= 0.6 is 11.6 Å². The normalized spacial score (nSPS) is 11.2. The zero-order chi connectivity index (χ0) is 19.2. The standard InChI is InChI=1S/C20H20ClN3O3/c1-3-9-27-19-16(21)10-14(11-18(19)26-4-2)12-23-24-13-22-17-8-6-5-7-15(17)20(24)25/h5-8,10-13H,3-4,9H2,1-2H3/b23-12+. The minimum atomic E-state index is -0.240. The molecular formula is C20H20ClN3O3. The number of nitrogens with zero attached hydrogens (tertiary/aromatic N) is 3. The quantitative estimate of drug-likeness (QED) is 0.574. The summed E-state index contributed by atoms with van der Waals surface area (Å²) in [5, 5.41) is 5.16. The molecule has 0 N–H and O–H groups in total. The second kappa shape index (κ2) is 8.68. The number of benzene rings is 2. The van der Waals surface area contributed by atoms with E-state index in [1.807, 2.05) is 19.9 Å². The molecule has 0 fully saturated rings. The number of fused-ring (bicyclic) bond motifs is 1. The van der Waals surface area contributed by atoms with E-state index >= 15 is 0 Å². The van der Waals surface area contributed by atoms with Crippen molar-refractivity contribution in [2.45, 2.75) is 20.3 Å². The molecule has 3 rings (SSSR count). The van der Waals surface area contributed by atoms with E-state index in [2.05, 4.69) is 10.1 Å². The highest BCUT2D eigenvalue weighted by Crippen LogP contribution is 2.36. The molecule has 0 radical (unpaired) electrons. The summed E-state index contributed by atoms with van der Waals surface area (Å²) in [7, 11) is 0. The summed E-state index contributed by atoms with van der Waals surface area (Å²) < 4.78 is 12.5. The molecule has 2 aromatic carbocycles. The summed E-state index contributed by atoms with van der Waals surface area (Å²) in [4.78, 5) is 16.7. The molecule has 0 spiro atoms. The predicted octanol–water partition coefficient (Wildman–Crippen LogP) is 4.12. The summed E-state index contributed by atoms with van der Waals surface area (Å²) in [5.74, 6) is 1.06. The Bertz CT molecular complexity index is 1030. The van der Waals surface area contributed by atoms with Gasteiger partial charge in [-0.1, -0.05) is 30.7 Å². The van der Waals surface area contributed by atoms with Gasteiger partial charge in [0.1, 0.15) is 6.33 Å². The van der Waals surface area contributed by atoms with Crippen LogP contribution in [-0.4, -0.2) is 29.1 Å². The van der Waals surface area contributed by atoms with Gasteiger partial charge < -0.3 is 9.47 Å². The number of rotatable bonds is 7. The first-order valence-electron chi connectivity index (χ1n) is 8.74. The lowest BCUT2D eigenvalue weighted by molar-refractivity contribution is 0.277. The lowest BCUT2D eigenvalue weighted by Crippen LogP contribution is -2.17. The van der Waals surface area contributed by atoms with Crippen LogP contribution in [0.15, 0.2) is 52.6 Å². The highest BCUT2D eigenvalue weighted by Gasteiger charge is 2.12. The number of aromatic nitrogens is 2. The van der Waals surface area contributed by atoms with E-state index in [1.165, 1.54) is 17.2 Å². The third kappa shape index (κ3) is 4.28. The van der Waals surface area contributed by atoms with Crippen molar-refractivity contribution in [3.63, 3.8) is 0 Å². The van der Waals surface area contributed by atoms with E-state index in [0.717, 1.165) is 6.42 Å². The third-order valence-electron chi connectivity index (χ3n) is 3.76. The van der Waals surface area contributed by atoms with Gasteiger partial charge in [-0.3, -0.25) is 4.79 Å². The third-order valence-corrected chi connectivity index (χ3v) is 4.04. The minimum Gasteiger partial charge on any atom is -0.490 e.